The third-order valence-electron chi connectivity index (χ3n) is 6.49. The lowest BCUT2D eigenvalue weighted by Gasteiger charge is -2.15. The van der Waals surface area contributed by atoms with Gasteiger partial charge in [0.05, 0.1) is 35.8 Å². The Morgan fingerprint density at radius 2 is 1.70 bits per heavy atom. The molecular formula is C30H25Cl2N3O4S. The predicted molar refractivity (Wildman–Crippen MR) is 160 cm³/mol. The molecule has 204 valence electrons. The van der Waals surface area contributed by atoms with Crippen molar-refractivity contribution >= 4 is 57.2 Å². The van der Waals surface area contributed by atoms with Crippen molar-refractivity contribution in [1.29, 1.82) is 0 Å². The number of carbonyl (C=O) groups excluding carboxylic acids is 1. The summed E-state index contributed by atoms with van der Waals surface area (Å²) in [6, 6.07) is 22.9. The molecule has 2 aromatic heterocycles. The number of ether oxygens (including phenoxy) is 1. The number of carbonyl (C=O) groups is 2. The van der Waals surface area contributed by atoms with E-state index in [1.165, 1.54) is 11.3 Å². The predicted octanol–water partition coefficient (Wildman–Crippen LogP) is 7.56. The van der Waals surface area contributed by atoms with Gasteiger partial charge in [-0.15, -0.1) is 11.3 Å². The molecule has 0 aliphatic rings. The topological polar surface area (TPSA) is 93.5 Å². The van der Waals surface area contributed by atoms with Gasteiger partial charge in [-0.3, -0.25) is 14.3 Å². The standard InChI is InChI=1S/C30H25Cl2N3O4S/c1-17(27-7-8-28(40-27)30(38)33-10-9-29(36)37)35-26(16-25(34-35)21-12-22(31)15-23(32)13-21)20-4-3-19-14-24(39-2)6-5-18(19)11-20/h3-8,11-17H,9-10H2,1-2H3,(H,33,38)(H,36,37). The molecule has 0 radical (unpaired) electrons. The van der Waals surface area contributed by atoms with E-state index in [1.807, 2.05) is 60.1 Å². The Kier molecular flexibility index (Phi) is 8.12. The molecule has 40 heavy (non-hydrogen) atoms. The number of halogens is 2. The molecule has 0 saturated carbocycles. The molecule has 2 heterocycles. The summed E-state index contributed by atoms with van der Waals surface area (Å²) in [4.78, 5) is 24.8. The summed E-state index contributed by atoms with van der Waals surface area (Å²) in [7, 11) is 1.65. The number of nitrogens with one attached hydrogen (secondary N) is 1. The van der Waals surface area contributed by atoms with Crippen LogP contribution in [0.4, 0.5) is 0 Å². The van der Waals surface area contributed by atoms with Crippen LogP contribution < -0.4 is 10.1 Å². The van der Waals surface area contributed by atoms with Crippen molar-refractivity contribution in [2.75, 3.05) is 13.7 Å². The van der Waals surface area contributed by atoms with E-state index in [2.05, 4.69) is 17.4 Å². The van der Waals surface area contributed by atoms with E-state index >= 15 is 0 Å². The highest BCUT2D eigenvalue weighted by Crippen LogP contribution is 2.36. The number of carboxylic acid groups (broad SMARTS) is 1. The number of benzene rings is 3. The fraction of sp³-hybridized carbons (Fsp3) is 0.167. The molecule has 1 unspecified atom stereocenters. The summed E-state index contributed by atoms with van der Waals surface area (Å²) >= 11 is 13.9. The first kappa shape index (κ1) is 27.7. The van der Waals surface area contributed by atoms with Crippen LogP contribution in [0.5, 0.6) is 5.75 Å². The van der Waals surface area contributed by atoms with Crippen LogP contribution in [-0.4, -0.2) is 40.4 Å². The number of amides is 1. The number of thiophene rings is 1. The van der Waals surface area contributed by atoms with E-state index in [-0.39, 0.29) is 24.9 Å². The number of aliphatic carboxylic acids is 1. The Bertz CT molecular complexity index is 1710. The van der Waals surface area contributed by atoms with E-state index in [9.17, 15) is 9.59 Å². The number of nitrogens with zero attached hydrogens (tertiary/aromatic N) is 2. The fourth-order valence-corrected chi connectivity index (χ4v) is 5.94. The van der Waals surface area contributed by atoms with Gasteiger partial charge in [-0.1, -0.05) is 41.4 Å². The van der Waals surface area contributed by atoms with E-state index in [0.29, 0.717) is 20.6 Å². The molecule has 5 aromatic rings. The van der Waals surface area contributed by atoms with E-state index in [0.717, 1.165) is 38.2 Å². The van der Waals surface area contributed by atoms with Crippen LogP contribution in [0.2, 0.25) is 10.0 Å². The molecule has 10 heteroatoms. The van der Waals surface area contributed by atoms with Gasteiger partial charge >= 0.3 is 5.97 Å². The van der Waals surface area contributed by atoms with Crippen molar-refractivity contribution in [3.8, 4) is 28.3 Å². The Balaban J connectivity index is 1.54. The number of rotatable bonds is 9. The fourth-order valence-electron chi connectivity index (χ4n) is 4.45. The Morgan fingerprint density at radius 1 is 0.975 bits per heavy atom. The zero-order chi connectivity index (χ0) is 28.4. The van der Waals surface area contributed by atoms with E-state index < -0.39 is 5.97 Å². The number of carboxylic acids is 1. The van der Waals surface area contributed by atoms with Gasteiger partial charge in [-0.05, 0) is 72.3 Å². The summed E-state index contributed by atoms with van der Waals surface area (Å²) in [5.74, 6) is -0.472. The van der Waals surface area contributed by atoms with Gasteiger partial charge in [-0.2, -0.15) is 5.10 Å². The normalized spacial score (nSPS) is 11.9. The first-order valence-corrected chi connectivity index (χ1v) is 14.0. The maximum Gasteiger partial charge on any atom is 0.305 e. The summed E-state index contributed by atoms with van der Waals surface area (Å²) in [5.41, 5.74) is 3.36. The van der Waals surface area contributed by atoms with Crippen molar-refractivity contribution in [3.63, 3.8) is 0 Å². The summed E-state index contributed by atoms with van der Waals surface area (Å²) in [6.45, 7) is 2.09. The Morgan fingerprint density at radius 3 is 2.42 bits per heavy atom. The van der Waals surface area contributed by atoms with Crippen molar-refractivity contribution in [2.24, 2.45) is 0 Å². The third kappa shape index (κ3) is 5.99. The summed E-state index contributed by atoms with van der Waals surface area (Å²) in [5, 5.41) is 19.6. The third-order valence-corrected chi connectivity index (χ3v) is 8.18. The summed E-state index contributed by atoms with van der Waals surface area (Å²) in [6.07, 6.45) is -0.133. The summed E-state index contributed by atoms with van der Waals surface area (Å²) < 4.78 is 7.31. The molecule has 0 fully saturated rings. The van der Waals surface area contributed by atoms with Crippen LogP contribution in [0.1, 0.15) is 33.9 Å². The van der Waals surface area contributed by atoms with Gasteiger partial charge in [0, 0.05) is 32.6 Å². The molecule has 3 aromatic carbocycles. The van der Waals surface area contributed by atoms with Crippen molar-refractivity contribution in [1.82, 2.24) is 15.1 Å². The quantitative estimate of drug-likeness (QED) is 0.184. The van der Waals surface area contributed by atoms with Gasteiger partial charge in [0.15, 0.2) is 0 Å². The number of fused-ring (bicyclic) bond motifs is 1. The molecule has 1 amide bonds. The highest BCUT2D eigenvalue weighted by Gasteiger charge is 2.21. The average molecular weight is 595 g/mol. The lowest BCUT2D eigenvalue weighted by molar-refractivity contribution is -0.136. The van der Waals surface area contributed by atoms with Crippen LogP contribution in [0.15, 0.2) is 72.8 Å². The van der Waals surface area contributed by atoms with Crippen molar-refractivity contribution in [2.45, 2.75) is 19.4 Å². The van der Waals surface area contributed by atoms with Crippen molar-refractivity contribution in [3.05, 3.63) is 92.6 Å². The molecular weight excluding hydrogens is 569 g/mol. The van der Waals surface area contributed by atoms with Crippen LogP contribution in [0.3, 0.4) is 0 Å². The largest absolute Gasteiger partial charge is 0.497 e. The molecule has 2 N–H and O–H groups in total. The van der Waals surface area contributed by atoms with Crippen LogP contribution in [-0.2, 0) is 4.79 Å². The highest BCUT2D eigenvalue weighted by atomic mass is 35.5. The number of methoxy groups -OCH3 is 1. The van der Waals surface area contributed by atoms with Gasteiger partial charge in [0.2, 0.25) is 0 Å². The zero-order valence-electron chi connectivity index (χ0n) is 21.7. The SMILES string of the molecule is COc1ccc2cc(-c3cc(-c4cc(Cl)cc(Cl)c4)nn3C(C)c3ccc(C(=O)NCCC(=O)O)s3)ccc2c1. The van der Waals surface area contributed by atoms with E-state index in [1.54, 1.807) is 19.2 Å². The Hall–Kier alpha value is -3.85. The molecule has 0 spiro atoms. The molecule has 1 atom stereocenters. The van der Waals surface area contributed by atoms with Crippen LogP contribution in [0, 0.1) is 0 Å². The highest BCUT2D eigenvalue weighted by molar-refractivity contribution is 7.14. The molecule has 7 nitrogen and oxygen atoms in total. The minimum Gasteiger partial charge on any atom is -0.497 e. The minimum absolute atomic E-state index is 0.0691. The maximum atomic E-state index is 12.6. The number of hydrogen-bond acceptors (Lipinski definition) is 5. The second-order valence-corrected chi connectivity index (χ2v) is 11.2. The number of aromatic nitrogens is 2. The van der Waals surface area contributed by atoms with Gasteiger partial charge in [-0.25, -0.2) is 0 Å². The lowest BCUT2D eigenvalue weighted by Crippen LogP contribution is -2.25. The molecule has 0 saturated heterocycles. The zero-order valence-corrected chi connectivity index (χ0v) is 24.0. The first-order chi connectivity index (χ1) is 19.2. The smallest absolute Gasteiger partial charge is 0.305 e. The lowest BCUT2D eigenvalue weighted by atomic mass is 10.0. The monoisotopic (exact) mass is 593 g/mol. The van der Waals surface area contributed by atoms with E-state index in [4.69, 9.17) is 38.1 Å². The first-order valence-electron chi connectivity index (χ1n) is 12.5. The van der Waals surface area contributed by atoms with Crippen LogP contribution in [0.25, 0.3) is 33.3 Å². The Labute approximate surface area is 244 Å². The second kappa shape index (κ2) is 11.7. The minimum atomic E-state index is -0.961. The van der Waals surface area contributed by atoms with Gasteiger partial charge in [0.25, 0.3) is 5.91 Å². The molecule has 5 rings (SSSR count). The van der Waals surface area contributed by atoms with Gasteiger partial charge < -0.3 is 15.2 Å². The second-order valence-electron chi connectivity index (χ2n) is 9.22. The van der Waals surface area contributed by atoms with Crippen molar-refractivity contribution < 1.29 is 19.4 Å². The van der Waals surface area contributed by atoms with Crippen LogP contribution >= 0.6 is 34.5 Å². The number of hydrogen-bond donors (Lipinski definition) is 2. The molecule has 0 aliphatic carbocycles. The average Bonchev–Trinajstić information content (AvgIpc) is 3.60. The molecule has 0 bridgehead atoms. The maximum absolute atomic E-state index is 12.6. The molecule has 0 aliphatic heterocycles. The van der Waals surface area contributed by atoms with Gasteiger partial charge in [0.1, 0.15) is 5.75 Å².